The van der Waals surface area contributed by atoms with E-state index in [-0.39, 0.29) is 0 Å². The van der Waals surface area contributed by atoms with E-state index in [9.17, 15) is 0 Å². The van der Waals surface area contributed by atoms with Crippen LogP contribution in [-0.4, -0.2) is 25.7 Å². The summed E-state index contributed by atoms with van der Waals surface area (Å²) in [6.45, 7) is 3.49. The third-order valence-electron chi connectivity index (χ3n) is 3.99. The number of rotatable bonds is 4. The summed E-state index contributed by atoms with van der Waals surface area (Å²) in [5.41, 5.74) is 1.26. The van der Waals surface area contributed by atoms with Crippen molar-refractivity contribution in [3.63, 3.8) is 0 Å². The third kappa shape index (κ3) is 3.18. The molecule has 1 aromatic carbocycles. The number of anilines is 1. The average molecular weight is 265 g/mol. The van der Waals surface area contributed by atoms with Gasteiger partial charge in [-0.2, -0.15) is 0 Å². The summed E-state index contributed by atoms with van der Waals surface area (Å²) in [6, 6.07) is 8.87. The maximum absolute atomic E-state index is 6.07. The smallest absolute Gasteiger partial charge is 0.0426 e. The first-order valence-electron chi connectivity index (χ1n) is 7.05. The highest BCUT2D eigenvalue weighted by Gasteiger charge is 2.24. The molecule has 3 rings (SSSR count). The molecule has 1 unspecified atom stereocenters. The Morgan fingerprint density at radius 2 is 2.17 bits per heavy atom. The van der Waals surface area contributed by atoms with Gasteiger partial charge < -0.3 is 10.2 Å². The number of benzene rings is 1. The Kier molecular flexibility index (Phi) is 3.76. The van der Waals surface area contributed by atoms with Gasteiger partial charge in [0.1, 0.15) is 0 Å². The van der Waals surface area contributed by atoms with E-state index in [0.29, 0.717) is 6.04 Å². The summed E-state index contributed by atoms with van der Waals surface area (Å²) in [7, 11) is 0. The van der Waals surface area contributed by atoms with Crippen molar-refractivity contribution in [1.82, 2.24) is 5.32 Å². The van der Waals surface area contributed by atoms with Crippen molar-refractivity contribution < 1.29 is 0 Å². The van der Waals surface area contributed by atoms with Crippen LogP contribution in [0.2, 0.25) is 5.02 Å². The normalized spacial score (nSPS) is 24.3. The van der Waals surface area contributed by atoms with Crippen LogP contribution in [0.25, 0.3) is 0 Å². The van der Waals surface area contributed by atoms with E-state index in [4.69, 9.17) is 11.6 Å². The fourth-order valence-corrected chi connectivity index (χ4v) is 2.89. The molecule has 1 heterocycles. The number of hydrogen-bond acceptors (Lipinski definition) is 2. The van der Waals surface area contributed by atoms with Crippen LogP contribution in [0, 0.1) is 5.92 Å². The summed E-state index contributed by atoms with van der Waals surface area (Å²) < 4.78 is 0. The molecule has 3 heteroatoms. The molecule has 1 saturated heterocycles. The molecule has 1 aliphatic carbocycles. The van der Waals surface area contributed by atoms with E-state index in [1.54, 1.807) is 0 Å². The molecule has 2 aliphatic rings. The van der Waals surface area contributed by atoms with Crippen LogP contribution in [0.4, 0.5) is 5.69 Å². The molecule has 18 heavy (non-hydrogen) atoms. The van der Waals surface area contributed by atoms with Crippen LogP contribution < -0.4 is 10.2 Å². The first kappa shape index (κ1) is 12.3. The zero-order chi connectivity index (χ0) is 12.4. The lowest BCUT2D eigenvalue weighted by Gasteiger charge is -2.35. The minimum absolute atomic E-state index is 0.651. The number of nitrogens with one attached hydrogen (secondary N) is 1. The zero-order valence-electron chi connectivity index (χ0n) is 10.7. The third-order valence-corrected chi connectivity index (χ3v) is 4.22. The Balaban J connectivity index is 1.58. The molecule has 0 aromatic heterocycles. The van der Waals surface area contributed by atoms with Gasteiger partial charge >= 0.3 is 0 Å². The van der Waals surface area contributed by atoms with Gasteiger partial charge in [0.05, 0.1) is 0 Å². The molecule has 2 nitrogen and oxygen atoms in total. The number of hydrogen-bond donors (Lipinski definition) is 1. The fraction of sp³-hybridized carbons (Fsp3) is 0.600. The minimum atomic E-state index is 0.651. The summed E-state index contributed by atoms with van der Waals surface area (Å²) in [5, 5.41) is 4.56. The van der Waals surface area contributed by atoms with Crippen molar-refractivity contribution in [2.45, 2.75) is 31.7 Å². The lowest BCUT2D eigenvalue weighted by molar-refractivity contribution is 0.416. The van der Waals surface area contributed by atoms with Crippen LogP contribution in [0.5, 0.6) is 0 Å². The van der Waals surface area contributed by atoms with Gasteiger partial charge in [-0.1, -0.05) is 17.7 Å². The van der Waals surface area contributed by atoms with Crippen molar-refractivity contribution in [3.8, 4) is 0 Å². The van der Waals surface area contributed by atoms with E-state index in [1.165, 1.54) is 37.9 Å². The number of piperidine rings is 1. The second-order valence-electron chi connectivity index (χ2n) is 5.62. The molecule has 0 bridgehead atoms. The topological polar surface area (TPSA) is 15.3 Å². The van der Waals surface area contributed by atoms with Gasteiger partial charge in [0.25, 0.3) is 0 Å². The molecule has 2 fully saturated rings. The molecular formula is C15H21ClN2. The summed E-state index contributed by atoms with van der Waals surface area (Å²) in [5.74, 6) is 0.964. The quantitative estimate of drug-likeness (QED) is 0.898. The molecule has 1 atom stereocenters. The fourth-order valence-electron chi connectivity index (χ4n) is 2.71. The van der Waals surface area contributed by atoms with Crippen LogP contribution in [0.15, 0.2) is 24.3 Å². The Hall–Kier alpha value is -0.730. The largest absolute Gasteiger partial charge is 0.370 e. The van der Waals surface area contributed by atoms with Crippen LogP contribution in [0.3, 0.4) is 0 Å². The van der Waals surface area contributed by atoms with Gasteiger partial charge in [-0.25, -0.2) is 0 Å². The number of halogens is 1. The van der Waals surface area contributed by atoms with Gasteiger partial charge in [0.15, 0.2) is 0 Å². The zero-order valence-corrected chi connectivity index (χ0v) is 11.5. The predicted octanol–water partition coefficient (Wildman–Crippen LogP) is 3.31. The van der Waals surface area contributed by atoms with Crippen molar-refractivity contribution in [1.29, 1.82) is 0 Å². The van der Waals surface area contributed by atoms with Crippen molar-refractivity contribution >= 4 is 17.3 Å². The summed E-state index contributed by atoms with van der Waals surface area (Å²) >= 11 is 6.07. The molecule has 0 spiro atoms. The van der Waals surface area contributed by atoms with Gasteiger partial charge in [-0.05, 0) is 56.3 Å². The Morgan fingerprint density at radius 1 is 1.28 bits per heavy atom. The lowest BCUT2D eigenvalue weighted by atomic mass is 10.0. The molecule has 1 saturated carbocycles. The highest BCUT2D eigenvalue weighted by Crippen LogP contribution is 2.28. The second-order valence-corrected chi connectivity index (χ2v) is 6.05. The van der Waals surface area contributed by atoms with Crippen molar-refractivity contribution in [2.24, 2.45) is 5.92 Å². The Labute approximate surface area is 114 Å². The molecule has 0 amide bonds. The van der Waals surface area contributed by atoms with Gasteiger partial charge in [-0.3, -0.25) is 0 Å². The Bertz CT molecular complexity index is 403. The average Bonchev–Trinajstić information content (AvgIpc) is 3.21. The van der Waals surface area contributed by atoms with Gasteiger partial charge in [0, 0.05) is 29.8 Å². The van der Waals surface area contributed by atoms with E-state index in [1.807, 2.05) is 12.1 Å². The molecule has 98 valence electrons. The van der Waals surface area contributed by atoms with Gasteiger partial charge in [-0.15, -0.1) is 0 Å². The second kappa shape index (κ2) is 5.50. The van der Waals surface area contributed by atoms with Gasteiger partial charge in [0.2, 0.25) is 0 Å². The first-order chi connectivity index (χ1) is 8.81. The SMILES string of the molecule is Clc1cccc(N2CCCC(NCC3CC3)C2)c1. The molecule has 1 aliphatic heterocycles. The first-order valence-corrected chi connectivity index (χ1v) is 7.43. The Morgan fingerprint density at radius 3 is 2.94 bits per heavy atom. The maximum Gasteiger partial charge on any atom is 0.0426 e. The maximum atomic E-state index is 6.07. The molecular weight excluding hydrogens is 244 g/mol. The van der Waals surface area contributed by atoms with Crippen molar-refractivity contribution in [2.75, 3.05) is 24.5 Å². The molecule has 0 radical (unpaired) electrons. The summed E-state index contributed by atoms with van der Waals surface area (Å²) in [6.07, 6.45) is 5.44. The standard InChI is InChI=1S/C15H21ClN2/c16-13-3-1-5-15(9-13)18-8-2-4-14(11-18)17-10-12-6-7-12/h1,3,5,9,12,14,17H,2,4,6-8,10-11H2. The highest BCUT2D eigenvalue weighted by molar-refractivity contribution is 6.30. The van der Waals surface area contributed by atoms with E-state index in [0.717, 1.165) is 24.0 Å². The predicted molar refractivity (Wildman–Crippen MR) is 77.4 cm³/mol. The number of nitrogens with zero attached hydrogens (tertiary/aromatic N) is 1. The van der Waals surface area contributed by atoms with E-state index < -0.39 is 0 Å². The minimum Gasteiger partial charge on any atom is -0.370 e. The monoisotopic (exact) mass is 264 g/mol. The molecule has 1 N–H and O–H groups in total. The van der Waals surface area contributed by atoms with Crippen molar-refractivity contribution in [3.05, 3.63) is 29.3 Å². The highest BCUT2D eigenvalue weighted by atomic mass is 35.5. The molecule has 1 aromatic rings. The summed E-state index contributed by atoms with van der Waals surface area (Å²) in [4.78, 5) is 2.46. The van der Waals surface area contributed by atoms with E-state index in [2.05, 4.69) is 22.3 Å². The lowest BCUT2D eigenvalue weighted by Crippen LogP contribution is -2.46. The van der Waals surface area contributed by atoms with Crippen LogP contribution in [0.1, 0.15) is 25.7 Å². The van der Waals surface area contributed by atoms with Crippen LogP contribution >= 0.6 is 11.6 Å². The van der Waals surface area contributed by atoms with Crippen LogP contribution in [-0.2, 0) is 0 Å². The van der Waals surface area contributed by atoms with E-state index >= 15 is 0 Å².